The Morgan fingerprint density at radius 2 is 2.10 bits per heavy atom. The molecule has 2 heterocycles. The number of esters is 1. The number of carbonyl (C=O) groups is 2. The first-order valence-electron chi connectivity index (χ1n) is 9.80. The number of benzene rings is 1. The molecule has 0 spiro atoms. The molecule has 1 saturated heterocycles. The van der Waals surface area contributed by atoms with Crippen molar-refractivity contribution in [3.05, 3.63) is 28.8 Å². The molecule has 2 aliphatic rings. The Labute approximate surface area is 171 Å². The Bertz CT molecular complexity index is 795. The standard InChI is InChI=1S/C20H28BNO7/c1-11(2)17(19(24)26-9-14-10-27-20(4,5)29-14)22-18(23)15-7-6-13-8-28-21(25)16(13)12(15)3/h6-7,11,14,17,25H,8-10H2,1-5H3,(H,22,23)/t14-,17-/m0/s1. The monoisotopic (exact) mass is 405 g/mol. The van der Waals surface area contributed by atoms with Crippen LogP contribution in [0.5, 0.6) is 0 Å². The minimum Gasteiger partial charge on any atom is -0.461 e. The number of fused-ring (bicyclic) bond motifs is 1. The van der Waals surface area contributed by atoms with Crippen LogP contribution in [0.15, 0.2) is 12.1 Å². The molecule has 1 aromatic rings. The molecule has 2 aliphatic heterocycles. The Morgan fingerprint density at radius 3 is 2.72 bits per heavy atom. The van der Waals surface area contributed by atoms with Crippen molar-refractivity contribution in [1.29, 1.82) is 0 Å². The quantitative estimate of drug-likeness (QED) is 0.530. The van der Waals surface area contributed by atoms with E-state index in [-0.39, 0.29) is 18.6 Å². The average Bonchev–Trinajstić information content (AvgIpc) is 3.19. The molecule has 29 heavy (non-hydrogen) atoms. The average molecular weight is 405 g/mol. The van der Waals surface area contributed by atoms with Gasteiger partial charge in [0.2, 0.25) is 0 Å². The zero-order valence-electron chi connectivity index (χ0n) is 17.5. The van der Waals surface area contributed by atoms with Gasteiger partial charge in [-0.3, -0.25) is 4.79 Å². The molecule has 0 aliphatic carbocycles. The van der Waals surface area contributed by atoms with Gasteiger partial charge in [-0.05, 0) is 49.3 Å². The second-order valence-electron chi connectivity index (χ2n) is 8.25. The molecule has 1 amide bonds. The molecule has 158 valence electrons. The van der Waals surface area contributed by atoms with Crippen LogP contribution in [0.3, 0.4) is 0 Å². The highest BCUT2D eigenvalue weighted by Crippen LogP contribution is 2.22. The molecule has 0 bridgehead atoms. The number of hydrogen-bond donors (Lipinski definition) is 2. The number of hydrogen-bond acceptors (Lipinski definition) is 7. The molecule has 0 saturated carbocycles. The Balaban J connectivity index is 1.65. The van der Waals surface area contributed by atoms with Crippen LogP contribution >= 0.6 is 0 Å². The van der Waals surface area contributed by atoms with E-state index >= 15 is 0 Å². The van der Waals surface area contributed by atoms with Crippen molar-refractivity contribution in [2.75, 3.05) is 13.2 Å². The lowest BCUT2D eigenvalue weighted by Crippen LogP contribution is -2.46. The van der Waals surface area contributed by atoms with Crippen molar-refractivity contribution in [2.24, 2.45) is 5.92 Å². The van der Waals surface area contributed by atoms with Gasteiger partial charge in [-0.1, -0.05) is 19.9 Å². The lowest BCUT2D eigenvalue weighted by Gasteiger charge is -2.23. The molecular formula is C20H28BNO7. The highest BCUT2D eigenvalue weighted by molar-refractivity contribution is 6.62. The Morgan fingerprint density at radius 1 is 1.38 bits per heavy atom. The van der Waals surface area contributed by atoms with E-state index in [1.807, 2.05) is 13.8 Å². The van der Waals surface area contributed by atoms with Gasteiger partial charge in [0.05, 0.1) is 13.2 Å². The van der Waals surface area contributed by atoms with Crippen LogP contribution in [0.25, 0.3) is 0 Å². The van der Waals surface area contributed by atoms with Gasteiger partial charge in [-0.2, -0.15) is 0 Å². The van der Waals surface area contributed by atoms with Crippen molar-refractivity contribution in [3.8, 4) is 0 Å². The van der Waals surface area contributed by atoms with Crippen LogP contribution < -0.4 is 10.8 Å². The predicted molar refractivity (Wildman–Crippen MR) is 106 cm³/mol. The van der Waals surface area contributed by atoms with E-state index in [0.717, 1.165) is 5.56 Å². The highest BCUT2D eigenvalue weighted by Gasteiger charge is 2.35. The molecule has 3 rings (SSSR count). The highest BCUT2D eigenvalue weighted by atomic mass is 16.7. The third-order valence-corrected chi connectivity index (χ3v) is 5.18. The zero-order chi connectivity index (χ0) is 21.3. The van der Waals surface area contributed by atoms with Crippen LogP contribution in [0.1, 0.15) is 49.2 Å². The van der Waals surface area contributed by atoms with Gasteiger partial charge < -0.3 is 29.2 Å². The molecule has 0 aromatic heterocycles. The summed E-state index contributed by atoms with van der Waals surface area (Å²) >= 11 is 0. The molecule has 0 unspecified atom stereocenters. The normalized spacial score (nSPS) is 21.2. The molecule has 2 atom stereocenters. The minimum atomic E-state index is -1.04. The minimum absolute atomic E-state index is 0.0583. The van der Waals surface area contributed by atoms with Crippen LogP contribution in [-0.4, -0.2) is 55.2 Å². The third-order valence-electron chi connectivity index (χ3n) is 5.18. The smallest absolute Gasteiger partial charge is 0.461 e. The first kappa shape index (κ1) is 21.8. The molecule has 1 aromatic carbocycles. The predicted octanol–water partition coefficient (Wildman–Crippen LogP) is 0.662. The summed E-state index contributed by atoms with van der Waals surface area (Å²) < 4.78 is 21.7. The van der Waals surface area contributed by atoms with Crippen molar-refractivity contribution < 1.29 is 33.5 Å². The van der Waals surface area contributed by atoms with Crippen molar-refractivity contribution in [3.63, 3.8) is 0 Å². The number of carbonyl (C=O) groups excluding carboxylic acids is 2. The first-order chi connectivity index (χ1) is 13.6. The first-order valence-corrected chi connectivity index (χ1v) is 9.80. The van der Waals surface area contributed by atoms with Crippen LogP contribution in [-0.2, 0) is 30.3 Å². The maximum atomic E-state index is 12.9. The zero-order valence-corrected chi connectivity index (χ0v) is 17.5. The topological polar surface area (TPSA) is 103 Å². The van der Waals surface area contributed by atoms with Crippen LogP contribution in [0.4, 0.5) is 0 Å². The van der Waals surface area contributed by atoms with Crippen molar-refractivity contribution >= 4 is 24.5 Å². The Hall–Kier alpha value is -1.94. The van der Waals surface area contributed by atoms with Gasteiger partial charge in [-0.15, -0.1) is 0 Å². The summed E-state index contributed by atoms with van der Waals surface area (Å²) in [6, 6.07) is 2.63. The summed E-state index contributed by atoms with van der Waals surface area (Å²) in [5, 5.41) is 12.8. The number of rotatable bonds is 6. The van der Waals surface area contributed by atoms with Gasteiger partial charge in [0.15, 0.2) is 5.79 Å². The van der Waals surface area contributed by atoms with E-state index < -0.39 is 30.8 Å². The lowest BCUT2D eigenvalue weighted by molar-refractivity contribution is -0.160. The third kappa shape index (κ3) is 4.80. The van der Waals surface area contributed by atoms with Gasteiger partial charge in [0.25, 0.3) is 5.91 Å². The van der Waals surface area contributed by atoms with Gasteiger partial charge in [0.1, 0.15) is 18.8 Å². The van der Waals surface area contributed by atoms with E-state index in [0.29, 0.717) is 29.8 Å². The molecule has 1 fully saturated rings. The summed E-state index contributed by atoms with van der Waals surface area (Å²) in [6.07, 6.45) is -0.335. The SMILES string of the molecule is Cc1c(C(=O)N[C@H](C(=O)OC[C@H]2COC(C)(C)O2)C(C)C)ccc2c1B(O)OC2. The van der Waals surface area contributed by atoms with Crippen LogP contribution in [0.2, 0.25) is 0 Å². The van der Waals surface area contributed by atoms with Gasteiger partial charge >= 0.3 is 13.1 Å². The fourth-order valence-corrected chi connectivity index (χ4v) is 3.58. The molecule has 2 N–H and O–H groups in total. The number of nitrogens with one attached hydrogen (secondary N) is 1. The fraction of sp³-hybridized carbons (Fsp3) is 0.600. The number of amides is 1. The molecule has 9 heteroatoms. The fourth-order valence-electron chi connectivity index (χ4n) is 3.58. The lowest BCUT2D eigenvalue weighted by atomic mass is 9.75. The molecule has 8 nitrogen and oxygen atoms in total. The van der Waals surface area contributed by atoms with Gasteiger partial charge in [0, 0.05) is 5.56 Å². The van der Waals surface area contributed by atoms with Crippen LogP contribution in [0, 0.1) is 12.8 Å². The number of ether oxygens (including phenoxy) is 3. The molecule has 0 radical (unpaired) electrons. The second-order valence-corrected chi connectivity index (χ2v) is 8.25. The summed E-state index contributed by atoms with van der Waals surface area (Å²) in [4.78, 5) is 25.5. The van der Waals surface area contributed by atoms with Gasteiger partial charge in [-0.25, -0.2) is 4.79 Å². The summed E-state index contributed by atoms with van der Waals surface area (Å²) in [6.45, 7) is 9.73. The van der Waals surface area contributed by atoms with Crippen molar-refractivity contribution in [2.45, 2.75) is 59.2 Å². The maximum absolute atomic E-state index is 12.9. The van der Waals surface area contributed by atoms with Crippen molar-refractivity contribution in [1.82, 2.24) is 5.32 Å². The van der Waals surface area contributed by atoms with E-state index in [1.54, 1.807) is 32.9 Å². The van der Waals surface area contributed by atoms with E-state index in [2.05, 4.69) is 5.32 Å². The molecular weight excluding hydrogens is 377 g/mol. The van der Waals surface area contributed by atoms with E-state index in [1.165, 1.54) is 0 Å². The summed E-state index contributed by atoms with van der Waals surface area (Å²) in [7, 11) is -1.04. The maximum Gasteiger partial charge on any atom is 0.492 e. The Kier molecular flexibility index (Phi) is 6.33. The van der Waals surface area contributed by atoms with E-state index in [4.69, 9.17) is 18.9 Å². The summed E-state index contributed by atoms with van der Waals surface area (Å²) in [5.74, 6) is -1.79. The summed E-state index contributed by atoms with van der Waals surface area (Å²) in [5.41, 5.74) is 2.50. The largest absolute Gasteiger partial charge is 0.492 e. The van der Waals surface area contributed by atoms with E-state index in [9.17, 15) is 14.6 Å². The second kappa shape index (κ2) is 8.43.